The molecule has 0 spiro atoms. The molecule has 8 nitrogen and oxygen atoms in total. The fraction of sp³-hybridized carbons (Fsp3) is 0.647. The first-order chi connectivity index (χ1) is 12.8. The number of halogens is 1. The Bertz CT molecular complexity index is 790. The second-order valence-electron chi connectivity index (χ2n) is 7.08. The van der Waals surface area contributed by atoms with E-state index in [0.717, 1.165) is 63.4 Å². The van der Waals surface area contributed by atoms with Crippen LogP contribution in [0.1, 0.15) is 32.1 Å². The zero-order valence-electron chi connectivity index (χ0n) is 15.0. The lowest BCUT2D eigenvalue weighted by Crippen LogP contribution is -2.59. The van der Waals surface area contributed by atoms with Gasteiger partial charge in [-0.05, 0) is 25.0 Å². The monoisotopic (exact) mass is 401 g/mol. The topological polar surface area (TPSA) is 102 Å². The van der Waals surface area contributed by atoms with Crippen molar-refractivity contribution in [3.63, 3.8) is 0 Å². The summed E-state index contributed by atoms with van der Waals surface area (Å²) in [6.45, 7) is 2.98. The number of ether oxygens (including phenoxy) is 1. The van der Waals surface area contributed by atoms with E-state index in [-0.39, 0.29) is 17.0 Å². The second kappa shape index (κ2) is 8.17. The lowest BCUT2D eigenvalue weighted by Gasteiger charge is -2.48. The Hall–Kier alpha value is -1.62. The molecule has 0 amide bonds. The van der Waals surface area contributed by atoms with Crippen LogP contribution in [-0.4, -0.2) is 56.6 Å². The van der Waals surface area contributed by atoms with Crippen molar-refractivity contribution in [2.24, 2.45) is 0 Å². The quantitative estimate of drug-likeness (QED) is 0.578. The zero-order valence-corrected chi connectivity index (χ0v) is 15.8. The number of nitro groups is 1. The molecule has 1 heterocycles. The lowest BCUT2D eigenvalue weighted by atomic mass is 9.80. The summed E-state index contributed by atoms with van der Waals surface area (Å²) in [5.41, 5.74) is -1.13. The predicted octanol–water partition coefficient (Wildman–Crippen LogP) is 2.05. The van der Waals surface area contributed by atoms with E-state index in [9.17, 15) is 22.9 Å². The van der Waals surface area contributed by atoms with E-state index < -0.39 is 26.5 Å². The van der Waals surface area contributed by atoms with Crippen LogP contribution in [0.15, 0.2) is 23.1 Å². The van der Waals surface area contributed by atoms with Crippen LogP contribution in [0.2, 0.25) is 0 Å². The van der Waals surface area contributed by atoms with Gasteiger partial charge in [-0.15, -0.1) is 0 Å². The number of sulfonamides is 1. The van der Waals surface area contributed by atoms with Gasteiger partial charge in [0.2, 0.25) is 15.8 Å². The number of hydrogen-bond donors (Lipinski definition) is 1. The summed E-state index contributed by atoms with van der Waals surface area (Å²) in [7, 11) is -3.99. The van der Waals surface area contributed by atoms with Gasteiger partial charge in [-0.1, -0.05) is 19.3 Å². The molecule has 0 unspecified atom stereocenters. The SMILES string of the molecule is O=[N+]([O-])c1cc(S(=O)(=O)NCC2(N3CCOCC3)CCCCC2)ccc1F. The first-order valence-corrected chi connectivity index (χ1v) is 10.6. The number of nitrogens with one attached hydrogen (secondary N) is 1. The molecule has 27 heavy (non-hydrogen) atoms. The van der Waals surface area contributed by atoms with E-state index in [1.807, 2.05) is 0 Å². The summed E-state index contributed by atoms with van der Waals surface area (Å²) in [4.78, 5) is 12.0. The minimum absolute atomic E-state index is 0.223. The fourth-order valence-electron chi connectivity index (χ4n) is 3.96. The lowest BCUT2D eigenvalue weighted by molar-refractivity contribution is -0.387. The molecular formula is C17H24FN3O5S. The Kier molecular flexibility index (Phi) is 6.09. The highest BCUT2D eigenvalue weighted by molar-refractivity contribution is 7.89. The van der Waals surface area contributed by atoms with Crippen molar-refractivity contribution < 1.29 is 22.5 Å². The van der Waals surface area contributed by atoms with Gasteiger partial charge >= 0.3 is 5.69 Å². The van der Waals surface area contributed by atoms with Crippen molar-refractivity contribution in [2.75, 3.05) is 32.8 Å². The van der Waals surface area contributed by atoms with Gasteiger partial charge in [-0.2, -0.15) is 4.39 Å². The van der Waals surface area contributed by atoms with Crippen LogP contribution in [-0.2, 0) is 14.8 Å². The van der Waals surface area contributed by atoms with E-state index >= 15 is 0 Å². The molecule has 1 N–H and O–H groups in total. The van der Waals surface area contributed by atoms with E-state index in [1.165, 1.54) is 0 Å². The molecule has 0 bridgehead atoms. The van der Waals surface area contributed by atoms with Crippen molar-refractivity contribution in [3.8, 4) is 0 Å². The van der Waals surface area contributed by atoms with E-state index in [1.54, 1.807) is 0 Å². The highest BCUT2D eigenvalue weighted by Gasteiger charge is 2.39. The van der Waals surface area contributed by atoms with Crippen molar-refractivity contribution in [1.82, 2.24) is 9.62 Å². The number of nitro benzene ring substituents is 1. The molecule has 2 aliphatic rings. The molecule has 1 aliphatic heterocycles. The van der Waals surface area contributed by atoms with Gasteiger partial charge in [-0.3, -0.25) is 15.0 Å². The van der Waals surface area contributed by atoms with Gasteiger partial charge in [-0.25, -0.2) is 13.1 Å². The summed E-state index contributed by atoms with van der Waals surface area (Å²) in [5.74, 6) is -1.06. The minimum atomic E-state index is -3.99. The van der Waals surface area contributed by atoms with Crippen LogP contribution in [0, 0.1) is 15.9 Å². The number of morpholine rings is 1. The first-order valence-electron chi connectivity index (χ1n) is 9.10. The maximum atomic E-state index is 13.5. The third-order valence-corrected chi connectivity index (χ3v) is 6.88. The molecule has 1 aliphatic carbocycles. The van der Waals surface area contributed by atoms with Crippen molar-refractivity contribution in [3.05, 3.63) is 34.1 Å². The summed E-state index contributed by atoms with van der Waals surface area (Å²) in [5, 5.41) is 10.9. The van der Waals surface area contributed by atoms with Gasteiger partial charge < -0.3 is 4.74 Å². The molecule has 1 aromatic rings. The molecule has 2 fully saturated rings. The van der Waals surface area contributed by atoms with Gasteiger partial charge in [0.05, 0.1) is 23.0 Å². The summed E-state index contributed by atoms with van der Waals surface area (Å²) < 4.78 is 46.9. The molecule has 0 radical (unpaired) electrons. The van der Waals surface area contributed by atoms with E-state index in [0.29, 0.717) is 13.2 Å². The largest absolute Gasteiger partial charge is 0.379 e. The average molecular weight is 401 g/mol. The Labute approximate surface area is 157 Å². The van der Waals surface area contributed by atoms with Crippen molar-refractivity contribution in [1.29, 1.82) is 0 Å². The van der Waals surface area contributed by atoms with E-state index in [2.05, 4.69) is 9.62 Å². The Morgan fingerprint density at radius 1 is 1.22 bits per heavy atom. The molecule has 1 saturated carbocycles. The second-order valence-corrected chi connectivity index (χ2v) is 8.85. The summed E-state index contributed by atoms with van der Waals surface area (Å²) in [6, 6.07) is 2.62. The molecule has 0 atom stereocenters. The summed E-state index contributed by atoms with van der Waals surface area (Å²) >= 11 is 0. The van der Waals surface area contributed by atoms with Crippen LogP contribution in [0.3, 0.4) is 0 Å². The fourth-order valence-corrected chi connectivity index (χ4v) is 5.10. The Morgan fingerprint density at radius 2 is 1.89 bits per heavy atom. The molecular weight excluding hydrogens is 377 g/mol. The highest BCUT2D eigenvalue weighted by atomic mass is 32.2. The molecule has 10 heteroatoms. The van der Waals surface area contributed by atoms with E-state index in [4.69, 9.17) is 4.74 Å². The van der Waals surface area contributed by atoms with Crippen LogP contribution in [0.4, 0.5) is 10.1 Å². The standard InChI is InChI=1S/C17H24FN3O5S/c18-15-5-4-14(12-16(15)21(22)23)27(24,25)19-13-17(6-2-1-3-7-17)20-8-10-26-11-9-20/h4-5,12,19H,1-3,6-11,13H2. The third-order valence-electron chi connectivity index (χ3n) is 5.48. The number of rotatable bonds is 6. The van der Waals surface area contributed by atoms with Crippen molar-refractivity contribution in [2.45, 2.75) is 42.5 Å². The van der Waals surface area contributed by atoms with Gasteiger partial charge in [0.1, 0.15) is 0 Å². The third kappa shape index (κ3) is 4.45. The molecule has 150 valence electrons. The predicted molar refractivity (Wildman–Crippen MR) is 96.5 cm³/mol. The number of nitrogens with zero attached hydrogens (tertiary/aromatic N) is 2. The average Bonchev–Trinajstić information content (AvgIpc) is 2.68. The normalized spacial score (nSPS) is 21.1. The number of benzene rings is 1. The van der Waals surface area contributed by atoms with Gasteiger partial charge in [0, 0.05) is 31.2 Å². The van der Waals surface area contributed by atoms with Crippen LogP contribution in [0.5, 0.6) is 0 Å². The van der Waals surface area contributed by atoms with Gasteiger partial charge in [0.15, 0.2) is 0 Å². The van der Waals surface area contributed by atoms with Crippen LogP contribution in [0.25, 0.3) is 0 Å². The highest BCUT2D eigenvalue weighted by Crippen LogP contribution is 2.34. The minimum Gasteiger partial charge on any atom is -0.379 e. The van der Waals surface area contributed by atoms with Crippen molar-refractivity contribution >= 4 is 15.7 Å². The Morgan fingerprint density at radius 3 is 2.52 bits per heavy atom. The summed E-state index contributed by atoms with van der Waals surface area (Å²) in [6.07, 6.45) is 4.96. The molecule has 1 aromatic carbocycles. The molecule has 0 aromatic heterocycles. The van der Waals surface area contributed by atoms with Crippen LogP contribution >= 0.6 is 0 Å². The van der Waals surface area contributed by atoms with Gasteiger partial charge in [0.25, 0.3) is 0 Å². The maximum absolute atomic E-state index is 13.5. The molecule has 1 saturated heterocycles. The van der Waals surface area contributed by atoms with Crippen LogP contribution < -0.4 is 4.72 Å². The zero-order chi connectivity index (χ0) is 19.5. The smallest absolute Gasteiger partial charge is 0.306 e. The Balaban J connectivity index is 1.80. The number of hydrogen-bond acceptors (Lipinski definition) is 6. The molecule has 3 rings (SSSR count). The first kappa shape index (κ1) is 20.1. The maximum Gasteiger partial charge on any atom is 0.306 e.